The molecule has 0 aromatic heterocycles. The second-order valence-corrected chi connectivity index (χ2v) is 6.85. The van der Waals surface area contributed by atoms with Crippen LogP contribution in [0.5, 0.6) is 0 Å². The van der Waals surface area contributed by atoms with Gasteiger partial charge in [0, 0.05) is 17.9 Å². The number of hydrogen-bond donors (Lipinski definition) is 2. The highest BCUT2D eigenvalue weighted by atomic mass is 32.3. The second kappa shape index (κ2) is 5.57. The van der Waals surface area contributed by atoms with Crippen molar-refractivity contribution in [2.45, 2.75) is 5.92 Å². The van der Waals surface area contributed by atoms with Gasteiger partial charge in [0.05, 0.1) is 0 Å². The zero-order valence-corrected chi connectivity index (χ0v) is 11.2. The van der Waals surface area contributed by atoms with Crippen molar-refractivity contribution in [3.05, 3.63) is 71.8 Å². The van der Waals surface area contributed by atoms with Crippen LogP contribution in [0.1, 0.15) is 17.0 Å². The first-order valence-electron chi connectivity index (χ1n) is 5.87. The lowest BCUT2D eigenvalue weighted by Gasteiger charge is -2.32. The standard InChI is InChI=1S/C15H18O2S/c1-18(16,17)12-15(13-8-4-2-5-9-13)14-10-6-3-7-11-14/h2-11,15-17H,12H2,1H3. The second-order valence-electron chi connectivity index (χ2n) is 4.53. The molecule has 18 heavy (non-hydrogen) atoms. The predicted octanol–water partition coefficient (Wildman–Crippen LogP) is 4.20. The molecular weight excluding hydrogens is 244 g/mol. The predicted molar refractivity (Wildman–Crippen MR) is 78.4 cm³/mol. The van der Waals surface area contributed by atoms with Crippen LogP contribution >= 0.6 is 10.6 Å². The lowest BCUT2D eigenvalue weighted by molar-refractivity contribution is 0.491. The van der Waals surface area contributed by atoms with E-state index in [-0.39, 0.29) is 5.92 Å². The van der Waals surface area contributed by atoms with E-state index in [1.54, 1.807) is 0 Å². The van der Waals surface area contributed by atoms with Crippen molar-refractivity contribution in [3.63, 3.8) is 0 Å². The molecule has 0 bridgehead atoms. The SMILES string of the molecule is CS(O)(O)CC(c1ccccc1)c1ccccc1. The minimum absolute atomic E-state index is 0.0300. The van der Waals surface area contributed by atoms with Gasteiger partial charge in [-0.3, -0.25) is 9.11 Å². The molecule has 0 fully saturated rings. The summed E-state index contributed by atoms with van der Waals surface area (Å²) in [5.41, 5.74) is 2.23. The summed E-state index contributed by atoms with van der Waals surface area (Å²) in [6.45, 7) is 0. The van der Waals surface area contributed by atoms with Crippen LogP contribution in [0, 0.1) is 0 Å². The first-order valence-corrected chi connectivity index (χ1v) is 7.99. The Balaban J connectivity index is 2.36. The Bertz CT molecular complexity index is 437. The number of rotatable bonds is 4. The lowest BCUT2D eigenvalue weighted by Crippen LogP contribution is -2.12. The van der Waals surface area contributed by atoms with Crippen LogP contribution in [0.4, 0.5) is 0 Å². The van der Waals surface area contributed by atoms with Crippen molar-refractivity contribution < 1.29 is 9.11 Å². The third kappa shape index (κ3) is 3.60. The average molecular weight is 262 g/mol. The molecule has 2 N–H and O–H groups in total. The van der Waals surface area contributed by atoms with Crippen LogP contribution in [0.2, 0.25) is 0 Å². The molecule has 0 unspecified atom stereocenters. The van der Waals surface area contributed by atoms with E-state index in [0.717, 1.165) is 11.1 Å². The van der Waals surface area contributed by atoms with Crippen molar-refractivity contribution in [1.29, 1.82) is 0 Å². The van der Waals surface area contributed by atoms with E-state index in [2.05, 4.69) is 0 Å². The summed E-state index contributed by atoms with van der Waals surface area (Å²) in [6, 6.07) is 20.0. The molecular formula is C15H18O2S. The largest absolute Gasteiger partial charge is 0.300 e. The van der Waals surface area contributed by atoms with Crippen LogP contribution in [0.3, 0.4) is 0 Å². The molecule has 0 atom stereocenters. The van der Waals surface area contributed by atoms with E-state index >= 15 is 0 Å². The Hall–Kier alpha value is -1.29. The summed E-state index contributed by atoms with van der Waals surface area (Å²) in [6.07, 6.45) is 1.51. The zero-order valence-electron chi connectivity index (χ0n) is 10.4. The molecule has 0 saturated carbocycles. The monoisotopic (exact) mass is 262 g/mol. The molecule has 0 amide bonds. The van der Waals surface area contributed by atoms with Gasteiger partial charge >= 0.3 is 0 Å². The Morgan fingerprint density at radius 1 is 0.833 bits per heavy atom. The molecule has 0 saturated heterocycles. The summed E-state index contributed by atoms with van der Waals surface area (Å²) in [4.78, 5) is 0. The molecule has 0 aliphatic rings. The topological polar surface area (TPSA) is 40.5 Å². The van der Waals surface area contributed by atoms with E-state index in [9.17, 15) is 9.11 Å². The number of hydrogen-bond acceptors (Lipinski definition) is 2. The Labute approximate surface area is 110 Å². The summed E-state index contributed by atoms with van der Waals surface area (Å²) >= 11 is 0. The van der Waals surface area contributed by atoms with E-state index < -0.39 is 10.6 Å². The van der Waals surface area contributed by atoms with E-state index in [0.29, 0.717) is 5.75 Å². The third-order valence-corrected chi connectivity index (χ3v) is 3.85. The minimum Gasteiger partial charge on any atom is -0.300 e. The van der Waals surface area contributed by atoms with Crippen molar-refractivity contribution >= 4 is 10.6 Å². The number of benzene rings is 2. The van der Waals surface area contributed by atoms with Crippen LogP contribution in [0.15, 0.2) is 60.7 Å². The maximum absolute atomic E-state index is 9.75. The summed E-state index contributed by atoms with van der Waals surface area (Å²) in [7, 11) is -2.52. The molecule has 0 radical (unpaired) electrons. The van der Waals surface area contributed by atoms with Crippen LogP contribution in [0.25, 0.3) is 0 Å². The molecule has 96 valence electrons. The van der Waals surface area contributed by atoms with Crippen LogP contribution in [-0.4, -0.2) is 21.1 Å². The maximum atomic E-state index is 9.75. The highest BCUT2D eigenvalue weighted by Crippen LogP contribution is 2.41. The molecule has 0 spiro atoms. The molecule has 0 aliphatic carbocycles. The van der Waals surface area contributed by atoms with E-state index in [1.807, 2.05) is 60.7 Å². The Kier molecular flexibility index (Phi) is 4.07. The van der Waals surface area contributed by atoms with Crippen molar-refractivity contribution in [2.75, 3.05) is 12.0 Å². The Morgan fingerprint density at radius 2 is 1.22 bits per heavy atom. The Morgan fingerprint density at radius 3 is 1.56 bits per heavy atom. The van der Waals surface area contributed by atoms with Gasteiger partial charge in [-0.2, -0.15) is 10.6 Å². The summed E-state index contributed by atoms with van der Waals surface area (Å²) < 4.78 is 19.5. The van der Waals surface area contributed by atoms with E-state index in [1.165, 1.54) is 6.26 Å². The van der Waals surface area contributed by atoms with Gasteiger partial charge in [0.15, 0.2) is 0 Å². The van der Waals surface area contributed by atoms with Gasteiger partial charge in [0.2, 0.25) is 0 Å². The fourth-order valence-corrected chi connectivity index (χ4v) is 3.09. The van der Waals surface area contributed by atoms with Gasteiger partial charge in [-0.25, -0.2) is 0 Å². The first-order chi connectivity index (χ1) is 8.56. The third-order valence-electron chi connectivity index (χ3n) is 2.89. The highest BCUT2D eigenvalue weighted by Gasteiger charge is 2.19. The van der Waals surface area contributed by atoms with Gasteiger partial charge < -0.3 is 0 Å². The molecule has 2 aromatic carbocycles. The first kappa shape index (κ1) is 13.1. The average Bonchev–Trinajstić information content (AvgIpc) is 2.37. The summed E-state index contributed by atoms with van der Waals surface area (Å²) in [5.74, 6) is 0.392. The quantitative estimate of drug-likeness (QED) is 0.867. The molecule has 3 heteroatoms. The minimum atomic E-state index is -2.52. The summed E-state index contributed by atoms with van der Waals surface area (Å²) in [5, 5.41) is 0. The molecule has 0 aliphatic heterocycles. The lowest BCUT2D eigenvalue weighted by atomic mass is 9.93. The fraction of sp³-hybridized carbons (Fsp3) is 0.200. The van der Waals surface area contributed by atoms with Gasteiger partial charge in [-0.1, -0.05) is 60.7 Å². The van der Waals surface area contributed by atoms with Crippen molar-refractivity contribution in [3.8, 4) is 0 Å². The van der Waals surface area contributed by atoms with Crippen molar-refractivity contribution in [2.24, 2.45) is 0 Å². The normalized spacial score (nSPS) is 12.7. The molecule has 2 nitrogen and oxygen atoms in total. The smallest absolute Gasteiger partial charge is 0.0480 e. The van der Waals surface area contributed by atoms with Gasteiger partial charge in [0.1, 0.15) is 0 Å². The van der Waals surface area contributed by atoms with Crippen LogP contribution < -0.4 is 0 Å². The molecule has 2 rings (SSSR count). The zero-order chi connectivity index (χ0) is 13.0. The molecule has 0 heterocycles. The fourth-order valence-electron chi connectivity index (χ4n) is 2.07. The van der Waals surface area contributed by atoms with Crippen LogP contribution in [-0.2, 0) is 0 Å². The molecule has 2 aromatic rings. The van der Waals surface area contributed by atoms with Gasteiger partial charge in [-0.15, -0.1) is 0 Å². The highest BCUT2D eigenvalue weighted by molar-refractivity contribution is 8.23. The maximum Gasteiger partial charge on any atom is 0.0480 e. The van der Waals surface area contributed by atoms with Gasteiger partial charge in [0.25, 0.3) is 0 Å². The van der Waals surface area contributed by atoms with Crippen molar-refractivity contribution in [1.82, 2.24) is 0 Å². The van der Waals surface area contributed by atoms with E-state index in [4.69, 9.17) is 0 Å². The van der Waals surface area contributed by atoms with Gasteiger partial charge in [-0.05, 0) is 11.1 Å².